The molecule has 0 radical (unpaired) electrons. The number of nitrogens with zero attached hydrogens (tertiary/aromatic N) is 1. The molecular formula is C9H15N3O. The van der Waals surface area contributed by atoms with Crippen LogP contribution in [-0.4, -0.2) is 11.3 Å². The predicted octanol–water partition coefficient (Wildman–Crippen LogP) is 0.677. The fourth-order valence-corrected chi connectivity index (χ4v) is 1.08. The summed E-state index contributed by atoms with van der Waals surface area (Å²) in [6, 6.07) is 7.17. The minimum absolute atomic E-state index is 0.560. The molecule has 0 heterocycles. The molecule has 1 atom stereocenters. The smallest absolute Gasteiger partial charge is 0.140 e. The Morgan fingerprint density at radius 2 is 2.08 bits per heavy atom. The number of benzene rings is 1. The Morgan fingerprint density at radius 1 is 1.46 bits per heavy atom. The fourth-order valence-electron chi connectivity index (χ4n) is 1.08. The molecule has 0 bridgehead atoms. The van der Waals surface area contributed by atoms with Gasteiger partial charge < -0.3 is 10.8 Å². The van der Waals surface area contributed by atoms with E-state index in [1.54, 1.807) is 12.1 Å². The van der Waals surface area contributed by atoms with Gasteiger partial charge in [-0.1, -0.05) is 19.1 Å². The molecule has 0 amide bonds. The number of aliphatic hydroxyl groups is 1. The van der Waals surface area contributed by atoms with Crippen LogP contribution in [0.3, 0.4) is 0 Å². The van der Waals surface area contributed by atoms with Crippen molar-refractivity contribution in [1.29, 1.82) is 0 Å². The molecule has 1 unspecified atom stereocenters. The molecule has 0 aliphatic carbocycles. The van der Waals surface area contributed by atoms with Crippen LogP contribution in [0.25, 0.3) is 0 Å². The van der Waals surface area contributed by atoms with Gasteiger partial charge in [0.1, 0.15) is 6.23 Å². The second-order valence-corrected chi connectivity index (χ2v) is 2.85. The van der Waals surface area contributed by atoms with E-state index in [-0.39, 0.29) is 0 Å². The summed E-state index contributed by atoms with van der Waals surface area (Å²) in [5.74, 6) is 5.65. The summed E-state index contributed by atoms with van der Waals surface area (Å²) >= 11 is 0. The van der Waals surface area contributed by atoms with Gasteiger partial charge in [0.05, 0.1) is 11.4 Å². The Bertz CT molecular complexity index is 277. The van der Waals surface area contributed by atoms with Crippen LogP contribution in [0.2, 0.25) is 0 Å². The molecule has 72 valence electrons. The molecule has 4 nitrogen and oxygen atoms in total. The molecule has 0 aliphatic heterocycles. The fraction of sp³-hybridized carbons (Fsp3) is 0.333. The highest BCUT2D eigenvalue weighted by Crippen LogP contribution is 2.21. The first-order valence-corrected chi connectivity index (χ1v) is 4.23. The molecular weight excluding hydrogens is 166 g/mol. The van der Waals surface area contributed by atoms with E-state index in [1.165, 1.54) is 5.01 Å². The molecule has 0 saturated heterocycles. The molecule has 1 aromatic rings. The summed E-state index contributed by atoms with van der Waals surface area (Å²) in [5.41, 5.74) is 6.90. The van der Waals surface area contributed by atoms with Gasteiger partial charge in [0.25, 0.3) is 0 Å². The van der Waals surface area contributed by atoms with Gasteiger partial charge in [0, 0.05) is 0 Å². The van der Waals surface area contributed by atoms with Crippen LogP contribution in [0.1, 0.15) is 13.3 Å². The zero-order valence-electron chi connectivity index (χ0n) is 7.64. The lowest BCUT2D eigenvalue weighted by Crippen LogP contribution is -2.41. The highest BCUT2D eigenvalue weighted by atomic mass is 16.3. The number of nitrogen functional groups attached to an aromatic ring is 1. The van der Waals surface area contributed by atoms with Crippen LogP contribution in [-0.2, 0) is 0 Å². The zero-order valence-corrected chi connectivity index (χ0v) is 7.64. The highest BCUT2D eigenvalue weighted by Gasteiger charge is 2.11. The Balaban J connectivity index is 2.88. The molecule has 0 saturated carbocycles. The van der Waals surface area contributed by atoms with Gasteiger partial charge in [0.15, 0.2) is 0 Å². The molecule has 0 aromatic heterocycles. The van der Waals surface area contributed by atoms with Gasteiger partial charge in [-0.3, -0.25) is 5.01 Å². The minimum Gasteiger partial charge on any atom is -0.397 e. The first-order valence-electron chi connectivity index (χ1n) is 4.23. The van der Waals surface area contributed by atoms with Crippen molar-refractivity contribution in [2.24, 2.45) is 5.84 Å². The van der Waals surface area contributed by atoms with E-state index >= 15 is 0 Å². The Morgan fingerprint density at radius 3 is 2.62 bits per heavy atom. The average Bonchev–Trinajstić information content (AvgIpc) is 2.16. The molecule has 0 spiro atoms. The van der Waals surface area contributed by atoms with Gasteiger partial charge in [-0.15, -0.1) is 0 Å². The van der Waals surface area contributed by atoms with Crippen LogP contribution >= 0.6 is 0 Å². The van der Waals surface area contributed by atoms with Crippen molar-refractivity contribution in [3.63, 3.8) is 0 Å². The lowest BCUT2D eigenvalue weighted by atomic mass is 10.2. The lowest BCUT2D eigenvalue weighted by molar-refractivity contribution is 0.165. The maximum Gasteiger partial charge on any atom is 0.140 e. The molecule has 5 N–H and O–H groups in total. The van der Waals surface area contributed by atoms with Gasteiger partial charge >= 0.3 is 0 Å². The van der Waals surface area contributed by atoms with Crippen molar-refractivity contribution in [3.05, 3.63) is 24.3 Å². The average molecular weight is 181 g/mol. The van der Waals surface area contributed by atoms with Crippen molar-refractivity contribution >= 4 is 11.4 Å². The number of hydrogen-bond acceptors (Lipinski definition) is 4. The Hall–Kier alpha value is -1.26. The van der Waals surface area contributed by atoms with Crippen LogP contribution in [0.5, 0.6) is 0 Å². The van der Waals surface area contributed by atoms with E-state index < -0.39 is 6.23 Å². The molecule has 4 heteroatoms. The minimum atomic E-state index is -0.690. The lowest BCUT2D eigenvalue weighted by Gasteiger charge is -2.24. The molecule has 0 aliphatic rings. The number of hydrogen-bond donors (Lipinski definition) is 3. The number of aliphatic hydroxyl groups excluding tert-OH is 1. The summed E-state index contributed by atoms with van der Waals surface area (Å²) in [5, 5.41) is 10.7. The quantitative estimate of drug-likeness (QED) is 0.277. The van der Waals surface area contributed by atoms with E-state index in [2.05, 4.69) is 0 Å². The normalized spacial score (nSPS) is 12.5. The van der Waals surface area contributed by atoms with E-state index in [0.29, 0.717) is 17.8 Å². The van der Waals surface area contributed by atoms with Crippen molar-refractivity contribution in [3.8, 4) is 0 Å². The van der Waals surface area contributed by atoms with Gasteiger partial charge in [-0.05, 0) is 18.6 Å². The van der Waals surface area contributed by atoms with Crippen molar-refractivity contribution in [2.45, 2.75) is 19.6 Å². The third-order valence-corrected chi connectivity index (χ3v) is 1.90. The summed E-state index contributed by atoms with van der Waals surface area (Å²) in [6.45, 7) is 1.85. The maximum absolute atomic E-state index is 9.45. The van der Waals surface area contributed by atoms with Crippen molar-refractivity contribution in [1.82, 2.24) is 0 Å². The first kappa shape index (κ1) is 9.83. The maximum atomic E-state index is 9.45. The number of anilines is 2. The number of para-hydroxylation sites is 2. The molecule has 13 heavy (non-hydrogen) atoms. The molecule has 1 aromatic carbocycles. The summed E-state index contributed by atoms with van der Waals surface area (Å²) in [4.78, 5) is 0. The van der Waals surface area contributed by atoms with Crippen LogP contribution in [0, 0.1) is 0 Å². The standard InChI is InChI=1S/C9H15N3O/c1-2-9(13)12(11)8-6-4-3-5-7(8)10/h3-6,9,13H,2,10-11H2,1H3. The van der Waals surface area contributed by atoms with E-state index in [1.807, 2.05) is 19.1 Å². The van der Waals surface area contributed by atoms with E-state index in [4.69, 9.17) is 11.6 Å². The van der Waals surface area contributed by atoms with Gasteiger partial charge in [0.2, 0.25) is 0 Å². The number of hydrazine groups is 1. The van der Waals surface area contributed by atoms with E-state index in [0.717, 1.165) is 0 Å². The molecule has 1 rings (SSSR count). The van der Waals surface area contributed by atoms with Gasteiger partial charge in [-0.2, -0.15) is 0 Å². The number of rotatable bonds is 3. The predicted molar refractivity (Wildman–Crippen MR) is 53.8 cm³/mol. The van der Waals surface area contributed by atoms with E-state index in [9.17, 15) is 5.11 Å². The summed E-state index contributed by atoms with van der Waals surface area (Å²) in [7, 11) is 0. The summed E-state index contributed by atoms with van der Waals surface area (Å²) < 4.78 is 0. The van der Waals surface area contributed by atoms with Crippen LogP contribution < -0.4 is 16.6 Å². The SMILES string of the molecule is CCC(O)N(N)c1ccccc1N. The highest BCUT2D eigenvalue weighted by molar-refractivity contribution is 5.66. The first-order chi connectivity index (χ1) is 6.16. The second-order valence-electron chi connectivity index (χ2n) is 2.85. The van der Waals surface area contributed by atoms with Crippen LogP contribution in [0.4, 0.5) is 11.4 Å². The molecule has 0 fully saturated rings. The Kier molecular flexibility index (Phi) is 3.11. The third-order valence-electron chi connectivity index (χ3n) is 1.90. The van der Waals surface area contributed by atoms with Crippen LogP contribution in [0.15, 0.2) is 24.3 Å². The summed E-state index contributed by atoms with van der Waals surface area (Å²) in [6.07, 6.45) is -0.130. The van der Waals surface area contributed by atoms with Crippen molar-refractivity contribution < 1.29 is 5.11 Å². The third kappa shape index (κ3) is 2.11. The largest absolute Gasteiger partial charge is 0.397 e. The van der Waals surface area contributed by atoms with Gasteiger partial charge in [-0.25, -0.2) is 5.84 Å². The second kappa shape index (κ2) is 4.11. The zero-order chi connectivity index (χ0) is 9.84. The number of nitrogens with two attached hydrogens (primary N) is 2. The monoisotopic (exact) mass is 181 g/mol. The van der Waals surface area contributed by atoms with Crippen molar-refractivity contribution in [2.75, 3.05) is 10.7 Å². The topological polar surface area (TPSA) is 75.5 Å². The Labute approximate surface area is 77.7 Å².